The van der Waals surface area contributed by atoms with Gasteiger partial charge in [0.15, 0.2) is 23.1 Å². The molecule has 0 radical (unpaired) electrons. The molecule has 1 aliphatic rings. The van der Waals surface area contributed by atoms with Gasteiger partial charge in [-0.05, 0) is 35.9 Å². The van der Waals surface area contributed by atoms with E-state index in [0.29, 0.717) is 17.3 Å². The zero-order valence-corrected chi connectivity index (χ0v) is 10.9. The topological polar surface area (TPSA) is 83.4 Å². The van der Waals surface area contributed by atoms with E-state index < -0.39 is 0 Å². The first-order valence-corrected chi connectivity index (χ1v) is 6.38. The predicted molar refractivity (Wildman–Crippen MR) is 75.7 cm³/mol. The van der Waals surface area contributed by atoms with E-state index in [9.17, 15) is 0 Å². The molecule has 3 heterocycles. The van der Waals surface area contributed by atoms with Gasteiger partial charge in [-0.2, -0.15) is 0 Å². The van der Waals surface area contributed by atoms with Gasteiger partial charge in [0.25, 0.3) is 0 Å². The van der Waals surface area contributed by atoms with E-state index in [4.69, 9.17) is 19.7 Å². The third kappa shape index (κ3) is 1.88. The minimum Gasteiger partial charge on any atom is -0.454 e. The molecular formula is C15H11N3O3. The van der Waals surface area contributed by atoms with Gasteiger partial charge in [-0.3, -0.25) is 4.98 Å². The van der Waals surface area contributed by atoms with Crippen molar-refractivity contribution in [2.24, 2.45) is 0 Å². The SMILES string of the molecule is Nc1noc(-c2ccc3c(c2)OCO3)c1-c1ccncc1. The summed E-state index contributed by atoms with van der Waals surface area (Å²) in [4.78, 5) is 4.01. The average Bonchev–Trinajstić information content (AvgIpc) is 3.13. The van der Waals surface area contributed by atoms with Crippen LogP contribution < -0.4 is 15.2 Å². The van der Waals surface area contributed by atoms with Crippen LogP contribution in [0.5, 0.6) is 11.5 Å². The third-order valence-electron chi connectivity index (χ3n) is 3.32. The zero-order chi connectivity index (χ0) is 14.2. The van der Waals surface area contributed by atoms with Gasteiger partial charge in [0.1, 0.15) is 0 Å². The van der Waals surface area contributed by atoms with Gasteiger partial charge in [0, 0.05) is 18.0 Å². The van der Waals surface area contributed by atoms with Crippen LogP contribution in [-0.2, 0) is 0 Å². The number of aromatic nitrogens is 2. The molecule has 4 rings (SSSR count). The quantitative estimate of drug-likeness (QED) is 0.777. The van der Waals surface area contributed by atoms with E-state index in [1.807, 2.05) is 30.3 Å². The molecule has 0 amide bonds. The Kier molecular flexibility index (Phi) is 2.53. The summed E-state index contributed by atoms with van der Waals surface area (Å²) < 4.78 is 16.1. The lowest BCUT2D eigenvalue weighted by Gasteiger charge is -2.03. The molecule has 0 fully saturated rings. The van der Waals surface area contributed by atoms with E-state index in [1.165, 1.54) is 0 Å². The van der Waals surface area contributed by atoms with E-state index >= 15 is 0 Å². The highest BCUT2D eigenvalue weighted by Crippen LogP contribution is 2.40. The highest BCUT2D eigenvalue weighted by atomic mass is 16.7. The zero-order valence-electron chi connectivity index (χ0n) is 10.9. The van der Waals surface area contributed by atoms with Crippen molar-refractivity contribution in [2.45, 2.75) is 0 Å². The molecule has 6 nitrogen and oxygen atoms in total. The van der Waals surface area contributed by atoms with Crippen LogP contribution in [-0.4, -0.2) is 16.9 Å². The molecule has 0 unspecified atom stereocenters. The van der Waals surface area contributed by atoms with Crippen molar-refractivity contribution in [2.75, 3.05) is 12.5 Å². The van der Waals surface area contributed by atoms with Crippen molar-refractivity contribution in [3.63, 3.8) is 0 Å². The number of hydrogen-bond donors (Lipinski definition) is 1. The number of pyridine rings is 1. The lowest BCUT2D eigenvalue weighted by Crippen LogP contribution is -1.92. The van der Waals surface area contributed by atoms with Crippen molar-refractivity contribution in [3.05, 3.63) is 42.7 Å². The first-order chi connectivity index (χ1) is 10.3. The van der Waals surface area contributed by atoms with Gasteiger partial charge in [-0.1, -0.05) is 5.16 Å². The van der Waals surface area contributed by atoms with Gasteiger partial charge < -0.3 is 19.7 Å². The maximum atomic E-state index is 5.94. The van der Waals surface area contributed by atoms with Crippen LogP contribution in [0.1, 0.15) is 0 Å². The Labute approximate surface area is 120 Å². The number of nitrogens with two attached hydrogens (primary N) is 1. The van der Waals surface area contributed by atoms with Crippen molar-refractivity contribution < 1.29 is 14.0 Å². The number of ether oxygens (including phenoxy) is 2. The van der Waals surface area contributed by atoms with Gasteiger partial charge >= 0.3 is 0 Å². The molecule has 1 aliphatic heterocycles. The van der Waals surface area contributed by atoms with Crippen LogP contribution in [0, 0.1) is 0 Å². The van der Waals surface area contributed by atoms with E-state index in [1.54, 1.807) is 12.4 Å². The average molecular weight is 281 g/mol. The van der Waals surface area contributed by atoms with Gasteiger partial charge in [-0.25, -0.2) is 0 Å². The summed E-state index contributed by atoms with van der Waals surface area (Å²) >= 11 is 0. The van der Waals surface area contributed by atoms with Crippen molar-refractivity contribution >= 4 is 5.82 Å². The second-order valence-electron chi connectivity index (χ2n) is 4.58. The number of nitrogen functional groups attached to an aromatic ring is 1. The van der Waals surface area contributed by atoms with Gasteiger partial charge in [0.05, 0.1) is 5.56 Å². The number of hydrogen-bond acceptors (Lipinski definition) is 6. The van der Waals surface area contributed by atoms with Crippen LogP contribution in [0.25, 0.3) is 22.5 Å². The summed E-state index contributed by atoms with van der Waals surface area (Å²) in [7, 11) is 0. The fourth-order valence-corrected chi connectivity index (χ4v) is 2.33. The summed E-state index contributed by atoms with van der Waals surface area (Å²) in [5, 5.41) is 3.87. The van der Waals surface area contributed by atoms with Crippen LogP contribution in [0.2, 0.25) is 0 Å². The Morgan fingerprint density at radius 3 is 2.62 bits per heavy atom. The van der Waals surface area contributed by atoms with Crippen LogP contribution in [0.4, 0.5) is 5.82 Å². The van der Waals surface area contributed by atoms with Crippen molar-refractivity contribution in [1.29, 1.82) is 0 Å². The largest absolute Gasteiger partial charge is 0.454 e. The Bertz CT molecular complexity index is 799. The predicted octanol–water partition coefficient (Wildman–Crippen LogP) is 2.71. The molecular weight excluding hydrogens is 270 g/mol. The van der Waals surface area contributed by atoms with E-state index in [0.717, 1.165) is 22.4 Å². The highest BCUT2D eigenvalue weighted by Gasteiger charge is 2.20. The van der Waals surface area contributed by atoms with Crippen molar-refractivity contribution in [3.8, 4) is 33.9 Å². The van der Waals surface area contributed by atoms with Crippen LogP contribution in [0.15, 0.2) is 47.2 Å². The molecule has 2 N–H and O–H groups in total. The van der Waals surface area contributed by atoms with Crippen LogP contribution >= 0.6 is 0 Å². The maximum absolute atomic E-state index is 5.94. The molecule has 0 aliphatic carbocycles. The molecule has 0 spiro atoms. The lowest BCUT2D eigenvalue weighted by atomic mass is 10.0. The molecule has 104 valence electrons. The summed E-state index contributed by atoms with van der Waals surface area (Å²) in [5.41, 5.74) is 8.42. The summed E-state index contributed by atoms with van der Waals surface area (Å²) in [5.74, 6) is 2.34. The Hall–Kier alpha value is -3.02. The molecule has 21 heavy (non-hydrogen) atoms. The first kappa shape index (κ1) is 11.8. The smallest absolute Gasteiger partial charge is 0.231 e. The minimum atomic E-state index is 0.231. The number of fused-ring (bicyclic) bond motifs is 1. The van der Waals surface area contributed by atoms with E-state index in [-0.39, 0.29) is 6.79 Å². The third-order valence-corrected chi connectivity index (χ3v) is 3.32. The molecule has 0 saturated heterocycles. The fraction of sp³-hybridized carbons (Fsp3) is 0.0667. The lowest BCUT2D eigenvalue weighted by molar-refractivity contribution is 0.174. The molecule has 0 bridgehead atoms. The normalized spacial score (nSPS) is 12.6. The molecule has 0 atom stereocenters. The molecule has 3 aromatic rings. The van der Waals surface area contributed by atoms with Crippen molar-refractivity contribution in [1.82, 2.24) is 10.1 Å². The summed E-state index contributed by atoms with van der Waals surface area (Å²) in [6.07, 6.45) is 3.40. The fourth-order valence-electron chi connectivity index (χ4n) is 2.33. The molecule has 2 aromatic heterocycles. The monoisotopic (exact) mass is 281 g/mol. The Morgan fingerprint density at radius 2 is 1.76 bits per heavy atom. The number of benzene rings is 1. The number of rotatable bonds is 2. The van der Waals surface area contributed by atoms with Crippen LogP contribution in [0.3, 0.4) is 0 Å². The van der Waals surface area contributed by atoms with Gasteiger partial charge in [0.2, 0.25) is 6.79 Å². The maximum Gasteiger partial charge on any atom is 0.231 e. The second kappa shape index (κ2) is 4.52. The number of nitrogens with zero attached hydrogens (tertiary/aromatic N) is 2. The second-order valence-corrected chi connectivity index (χ2v) is 4.58. The standard InChI is InChI=1S/C15H11N3O3/c16-15-13(9-3-5-17-6-4-9)14(21-18-15)10-1-2-11-12(7-10)20-8-19-11/h1-7H,8H2,(H2,16,18). The molecule has 0 saturated carbocycles. The molecule has 6 heteroatoms. The highest BCUT2D eigenvalue weighted by molar-refractivity contribution is 5.86. The molecule has 1 aromatic carbocycles. The summed E-state index contributed by atoms with van der Waals surface area (Å²) in [6.45, 7) is 0.231. The summed E-state index contributed by atoms with van der Waals surface area (Å²) in [6, 6.07) is 9.30. The van der Waals surface area contributed by atoms with E-state index in [2.05, 4.69) is 10.1 Å². The van der Waals surface area contributed by atoms with Gasteiger partial charge in [-0.15, -0.1) is 0 Å². The number of anilines is 1. The first-order valence-electron chi connectivity index (χ1n) is 6.38. The Balaban J connectivity index is 1.87. The minimum absolute atomic E-state index is 0.231. The Morgan fingerprint density at radius 1 is 0.952 bits per heavy atom.